The molecule has 128 valence electrons. The van der Waals surface area contributed by atoms with Gasteiger partial charge >= 0.3 is 0 Å². The second kappa shape index (κ2) is 7.47. The van der Waals surface area contributed by atoms with Crippen molar-refractivity contribution in [1.82, 2.24) is 0 Å². The van der Waals surface area contributed by atoms with Crippen LogP contribution in [-0.2, 0) is 0 Å². The van der Waals surface area contributed by atoms with Gasteiger partial charge in [0.25, 0.3) is 0 Å². The average molecular weight is 350 g/mol. The number of rotatable bonds is 4. The highest BCUT2D eigenvalue weighted by Crippen LogP contribution is 2.21. The lowest BCUT2D eigenvalue weighted by atomic mass is 9.91. The van der Waals surface area contributed by atoms with E-state index in [9.17, 15) is 9.59 Å². The zero-order valence-corrected chi connectivity index (χ0v) is 14.6. The first-order valence-electron chi connectivity index (χ1n) is 8.24. The SMILES string of the molecule is Cc1ccc(C(=O)c2ccc(C#N)cc2)c(C(=O)c2ccc(C#N)cc2)c1. The summed E-state index contributed by atoms with van der Waals surface area (Å²) in [4.78, 5) is 25.9. The van der Waals surface area contributed by atoms with E-state index in [2.05, 4.69) is 0 Å². The Kier molecular flexibility index (Phi) is 4.92. The van der Waals surface area contributed by atoms with E-state index in [1.54, 1.807) is 66.7 Å². The lowest BCUT2D eigenvalue weighted by Crippen LogP contribution is -2.11. The minimum Gasteiger partial charge on any atom is -0.289 e. The summed E-state index contributed by atoms with van der Waals surface area (Å²) < 4.78 is 0. The monoisotopic (exact) mass is 350 g/mol. The smallest absolute Gasteiger partial charge is 0.193 e. The third-order valence-corrected chi connectivity index (χ3v) is 4.22. The van der Waals surface area contributed by atoms with Crippen LogP contribution < -0.4 is 0 Å². The maximum absolute atomic E-state index is 13.0. The molecule has 0 aliphatic heterocycles. The van der Waals surface area contributed by atoms with Gasteiger partial charge in [0.05, 0.1) is 23.3 Å². The van der Waals surface area contributed by atoms with Crippen LogP contribution in [0.2, 0.25) is 0 Å². The molecule has 0 unspecified atom stereocenters. The Morgan fingerprint density at radius 2 is 1.11 bits per heavy atom. The zero-order valence-electron chi connectivity index (χ0n) is 14.6. The van der Waals surface area contributed by atoms with Gasteiger partial charge in [-0.15, -0.1) is 0 Å². The van der Waals surface area contributed by atoms with Crippen LogP contribution in [0.3, 0.4) is 0 Å². The van der Waals surface area contributed by atoms with E-state index in [4.69, 9.17) is 10.5 Å². The average Bonchev–Trinajstić information content (AvgIpc) is 2.72. The second-order valence-electron chi connectivity index (χ2n) is 6.09. The van der Waals surface area contributed by atoms with Crippen molar-refractivity contribution in [2.24, 2.45) is 0 Å². The van der Waals surface area contributed by atoms with Gasteiger partial charge in [0.15, 0.2) is 11.6 Å². The molecule has 3 rings (SSSR count). The fourth-order valence-electron chi connectivity index (χ4n) is 2.75. The Hall–Kier alpha value is -4.02. The highest BCUT2D eigenvalue weighted by Gasteiger charge is 2.20. The molecule has 3 aromatic rings. The molecular formula is C23H14N2O2. The van der Waals surface area contributed by atoms with Crippen LogP contribution in [0.4, 0.5) is 0 Å². The van der Waals surface area contributed by atoms with E-state index in [0.717, 1.165) is 5.56 Å². The molecule has 0 spiro atoms. The number of nitrogens with zero attached hydrogens (tertiary/aromatic N) is 2. The van der Waals surface area contributed by atoms with Crippen LogP contribution in [0.5, 0.6) is 0 Å². The molecule has 0 atom stereocenters. The van der Waals surface area contributed by atoms with Crippen LogP contribution in [0.1, 0.15) is 48.5 Å². The molecule has 0 amide bonds. The molecule has 0 saturated heterocycles. The molecule has 0 bridgehead atoms. The highest BCUT2D eigenvalue weighted by atomic mass is 16.1. The van der Waals surface area contributed by atoms with Gasteiger partial charge in [0, 0.05) is 22.3 Å². The van der Waals surface area contributed by atoms with Crippen molar-refractivity contribution in [3.05, 3.63) is 106 Å². The van der Waals surface area contributed by atoms with E-state index < -0.39 is 0 Å². The Bertz CT molecular complexity index is 1110. The quantitative estimate of drug-likeness (QED) is 0.660. The molecule has 3 aromatic carbocycles. The summed E-state index contributed by atoms with van der Waals surface area (Å²) in [6.45, 7) is 1.85. The van der Waals surface area contributed by atoms with Crippen LogP contribution >= 0.6 is 0 Å². The predicted molar refractivity (Wildman–Crippen MR) is 100 cm³/mol. The topological polar surface area (TPSA) is 81.7 Å². The lowest BCUT2D eigenvalue weighted by molar-refractivity contribution is 0.100. The van der Waals surface area contributed by atoms with Crippen LogP contribution in [0.15, 0.2) is 66.7 Å². The molecule has 0 aromatic heterocycles. The van der Waals surface area contributed by atoms with Gasteiger partial charge in [-0.3, -0.25) is 9.59 Å². The van der Waals surface area contributed by atoms with Crippen LogP contribution in [0, 0.1) is 29.6 Å². The number of hydrogen-bond acceptors (Lipinski definition) is 4. The summed E-state index contributed by atoms with van der Waals surface area (Å²) in [6, 6.07) is 21.8. The molecule has 0 N–H and O–H groups in total. The fourth-order valence-corrected chi connectivity index (χ4v) is 2.75. The maximum Gasteiger partial charge on any atom is 0.193 e. The van der Waals surface area contributed by atoms with E-state index in [1.165, 1.54) is 0 Å². The van der Waals surface area contributed by atoms with Gasteiger partial charge in [-0.05, 0) is 61.5 Å². The minimum atomic E-state index is -0.281. The van der Waals surface area contributed by atoms with Crippen LogP contribution in [0.25, 0.3) is 0 Å². The fraction of sp³-hybridized carbons (Fsp3) is 0.0435. The van der Waals surface area contributed by atoms with Gasteiger partial charge in [-0.1, -0.05) is 17.7 Å². The number of hydrogen-bond donors (Lipinski definition) is 0. The molecule has 4 nitrogen and oxygen atoms in total. The number of carbonyl (C=O) groups is 2. The second-order valence-corrected chi connectivity index (χ2v) is 6.09. The van der Waals surface area contributed by atoms with Gasteiger partial charge in [-0.25, -0.2) is 0 Å². The third-order valence-electron chi connectivity index (χ3n) is 4.22. The van der Waals surface area contributed by atoms with Crippen molar-refractivity contribution < 1.29 is 9.59 Å². The third kappa shape index (κ3) is 3.66. The normalized spacial score (nSPS) is 9.89. The highest BCUT2D eigenvalue weighted by molar-refractivity contribution is 6.19. The summed E-state index contributed by atoms with van der Waals surface area (Å²) in [7, 11) is 0. The van der Waals surface area contributed by atoms with E-state index in [0.29, 0.717) is 33.4 Å². The number of aryl methyl sites for hydroxylation is 1. The van der Waals surface area contributed by atoms with E-state index >= 15 is 0 Å². The molecular weight excluding hydrogens is 336 g/mol. The number of benzene rings is 3. The Labute approximate surface area is 156 Å². The van der Waals surface area contributed by atoms with E-state index in [-0.39, 0.29) is 11.6 Å². The van der Waals surface area contributed by atoms with Gasteiger partial charge in [-0.2, -0.15) is 10.5 Å². The summed E-state index contributed by atoms with van der Waals surface area (Å²) in [5.41, 5.74) is 3.23. The first-order valence-corrected chi connectivity index (χ1v) is 8.24. The molecule has 0 aliphatic carbocycles. The Balaban J connectivity index is 2.04. The molecule has 0 radical (unpaired) electrons. The molecule has 4 heteroatoms. The summed E-state index contributed by atoms with van der Waals surface area (Å²) in [5.74, 6) is -0.559. The number of carbonyl (C=O) groups excluding carboxylic acids is 2. The van der Waals surface area contributed by atoms with Crippen LogP contribution in [-0.4, -0.2) is 11.6 Å². The summed E-state index contributed by atoms with van der Waals surface area (Å²) in [5, 5.41) is 17.8. The van der Waals surface area contributed by atoms with Gasteiger partial charge in [0.1, 0.15) is 0 Å². The van der Waals surface area contributed by atoms with Crippen molar-refractivity contribution in [2.45, 2.75) is 6.92 Å². The van der Waals surface area contributed by atoms with Crippen molar-refractivity contribution in [3.63, 3.8) is 0 Å². The van der Waals surface area contributed by atoms with Crippen molar-refractivity contribution in [1.29, 1.82) is 10.5 Å². The number of ketones is 2. The Morgan fingerprint density at radius 1 is 0.667 bits per heavy atom. The van der Waals surface area contributed by atoms with Crippen molar-refractivity contribution in [2.75, 3.05) is 0 Å². The number of nitriles is 2. The van der Waals surface area contributed by atoms with Crippen molar-refractivity contribution >= 4 is 11.6 Å². The lowest BCUT2D eigenvalue weighted by Gasteiger charge is -2.10. The largest absolute Gasteiger partial charge is 0.289 e. The zero-order chi connectivity index (χ0) is 19.4. The molecule has 0 fully saturated rings. The predicted octanol–water partition coefficient (Wildman–Crippen LogP) is 4.20. The standard InChI is InChI=1S/C23H14N2O2/c1-15-2-11-20(22(26)18-7-3-16(13-24)4-8-18)21(12-15)23(27)19-9-5-17(14-25)6-10-19/h2-12H,1H3. The van der Waals surface area contributed by atoms with Crippen molar-refractivity contribution in [3.8, 4) is 12.1 Å². The molecule has 27 heavy (non-hydrogen) atoms. The van der Waals surface area contributed by atoms with Gasteiger partial charge < -0.3 is 0 Å². The Morgan fingerprint density at radius 3 is 1.56 bits per heavy atom. The maximum atomic E-state index is 13.0. The first-order chi connectivity index (χ1) is 13.0. The minimum absolute atomic E-state index is 0.278. The summed E-state index contributed by atoms with van der Waals surface area (Å²) >= 11 is 0. The molecule has 0 heterocycles. The summed E-state index contributed by atoms with van der Waals surface area (Å²) in [6.07, 6.45) is 0. The van der Waals surface area contributed by atoms with Gasteiger partial charge in [0.2, 0.25) is 0 Å². The molecule has 0 saturated carbocycles. The van der Waals surface area contributed by atoms with E-state index in [1.807, 2.05) is 19.1 Å². The first kappa shape index (κ1) is 17.8. The molecule has 0 aliphatic rings.